The molecule has 9 aromatic rings. The van der Waals surface area contributed by atoms with Gasteiger partial charge in [0.15, 0.2) is 5.78 Å². The van der Waals surface area contributed by atoms with E-state index in [-0.39, 0.29) is 12.9 Å². The molecule has 0 fully saturated rings. The topological polar surface area (TPSA) is 398 Å². The molecular formula is C85H111F3N6O19SSi2. The van der Waals surface area contributed by atoms with Crippen LogP contribution in [0.1, 0.15) is 143 Å². The number of aliphatic hydroxyl groups excluding tert-OH is 1. The monoisotopic (exact) mass is 1660 g/mol. The zero-order valence-corrected chi connectivity index (χ0v) is 70.8. The standard InChI is InChI=1S/C19H28N2O2Si.C13H14N2.C10H12O2.C10H10O2.C10H10O.C9H18N2OSi.C8H8O.C3H4O4.CHF3O3S.CH2O2.CH4O/c1-15-6-5-7-17-16(15)8-9-19(17,22)18-20-10-11-21(18)14-23-12-13-24(2,3)4;1-9-3-2-4-11-10(9)5-6-12(11)13-14-7-8-15-13;2*1-8-4-2-3-5-9(8)6-7-10(11)12;1-7-3-2-4-9-8(7)5-6-10(9)11;1-13(2,3)7-6-12-9-11-5-4-10-8-11;1-7-4-2-3-5-8(7)6-9;4-2(5)1-3(6)7;2-1(3,4)8(5,6)7;2-1-3;1-2/h5-7,10-11,22H,8-9,12-14H2,1-4H3;2-4,7-8,12H,5-6H2,1H3,(H,14,15);2-5H,6-7H2,1H3,(H,11,12);2-7H,1H3,(H,11,12);2-4H,5-6H2,1H3;4-5,8H,6-7,9H2,1-3H3;2-6H,1H3;1H2,(H,4,5)(H,6,7);(H,5,6,7);1H,(H,2,3);2H,1H3/b;;;7-6+;;;;;;;. The summed E-state index contributed by atoms with van der Waals surface area (Å²) in [7, 11) is -6.86. The number of halogens is 3. The number of aromatic nitrogens is 6. The smallest absolute Gasteiger partial charge is 0.483 e. The normalized spacial score (nSPS) is 13.9. The number of aliphatic carboxylic acids is 4. The number of hydrogen-bond donors (Lipinski definition) is 9. The van der Waals surface area contributed by atoms with Crippen molar-refractivity contribution in [2.75, 3.05) is 20.3 Å². The minimum Gasteiger partial charge on any atom is -0.483 e. The van der Waals surface area contributed by atoms with Crippen LogP contribution in [0.15, 0.2) is 177 Å². The van der Waals surface area contributed by atoms with E-state index in [1.807, 2.05) is 152 Å². The summed E-state index contributed by atoms with van der Waals surface area (Å²) >= 11 is 0. The summed E-state index contributed by atoms with van der Waals surface area (Å²) in [5.41, 5.74) is 11.0. The molecule has 6 aromatic carbocycles. The number of carbonyl (C=O) groups is 7. The Morgan fingerprint density at radius 3 is 1.62 bits per heavy atom. The molecular weight excluding hydrogens is 1550 g/mol. The van der Waals surface area contributed by atoms with E-state index in [0.717, 1.165) is 96.3 Å². The number of ketones is 1. The highest BCUT2D eigenvalue weighted by atomic mass is 32.2. The molecule has 12 rings (SSSR count). The summed E-state index contributed by atoms with van der Waals surface area (Å²) in [5, 5.41) is 57.5. The van der Waals surface area contributed by atoms with E-state index < -0.39 is 67.7 Å². The fraction of sp³-hybridized carbons (Fsp3) is 0.365. The van der Waals surface area contributed by atoms with Gasteiger partial charge in [-0.2, -0.15) is 21.6 Å². The van der Waals surface area contributed by atoms with Crippen molar-refractivity contribution in [1.29, 1.82) is 0 Å². The van der Waals surface area contributed by atoms with Crippen molar-refractivity contribution in [3.63, 3.8) is 0 Å². The number of hydrogen-bond acceptors (Lipinski definition) is 16. The number of benzene rings is 6. The highest BCUT2D eigenvalue weighted by Gasteiger charge is 2.45. The number of aliphatic hydroxyl groups is 2. The Morgan fingerprint density at radius 1 is 0.629 bits per heavy atom. The van der Waals surface area contributed by atoms with Gasteiger partial charge in [-0.1, -0.05) is 167 Å². The molecule has 0 saturated heterocycles. The molecule has 0 saturated carbocycles. The zero-order valence-electron chi connectivity index (χ0n) is 68.0. The molecule has 3 aliphatic rings. The lowest BCUT2D eigenvalue weighted by atomic mass is 9.94. The molecule has 2 atom stereocenters. The van der Waals surface area contributed by atoms with Crippen LogP contribution in [0.5, 0.6) is 0 Å². The van der Waals surface area contributed by atoms with Crippen LogP contribution >= 0.6 is 0 Å². The van der Waals surface area contributed by atoms with Gasteiger partial charge in [0, 0.05) is 110 Å². The summed E-state index contributed by atoms with van der Waals surface area (Å²) in [6, 6.07) is 44.1. The average Bonchev–Trinajstić information content (AvgIpc) is 1.60. The molecule has 630 valence electrons. The number of rotatable bonds is 20. The fourth-order valence-electron chi connectivity index (χ4n) is 11.5. The summed E-state index contributed by atoms with van der Waals surface area (Å²) in [6.45, 7) is 28.8. The molecule has 0 spiro atoms. The second-order valence-corrected chi connectivity index (χ2v) is 41.7. The first kappa shape index (κ1) is 101. The lowest BCUT2D eigenvalue weighted by Crippen LogP contribution is -2.29. The van der Waals surface area contributed by atoms with Gasteiger partial charge in [0.05, 0.1) is 6.33 Å². The van der Waals surface area contributed by atoms with E-state index in [1.165, 1.54) is 63.4 Å². The Bertz CT molecular complexity index is 4650. The molecule has 0 amide bonds. The molecule has 3 aliphatic carbocycles. The predicted octanol–water partition coefficient (Wildman–Crippen LogP) is 16.0. The van der Waals surface area contributed by atoms with Crippen molar-refractivity contribution in [1.82, 2.24) is 29.1 Å². The number of Topliss-reactive ketones (excluding diaryl/α,β-unsaturated/α-hetero) is 1. The molecule has 25 nitrogen and oxygen atoms in total. The number of aryl methyl sites for hydroxylation is 7. The molecule has 2 unspecified atom stereocenters. The van der Waals surface area contributed by atoms with Crippen molar-refractivity contribution in [2.24, 2.45) is 0 Å². The van der Waals surface area contributed by atoms with Gasteiger partial charge in [-0.05, 0) is 171 Å². The van der Waals surface area contributed by atoms with Crippen LogP contribution in [0.4, 0.5) is 13.2 Å². The molecule has 9 N–H and O–H groups in total. The van der Waals surface area contributed by atoms with E-state index in [0.29, 0.717) is 50.2 Å². The third-order valence-electron chi connectivity index (χ3n) is 17.7. The van der Waals surface area contributed by atoms with Crippen LogP contribution in [-0.4, -0.2) is 162 Å². The van der Waals surface area contributed by atoms with E-state index in [9.17, 15) is 47.0 Å². The number of ether oxygens (including phenoxy) is 2. The van der Waals surface area contributed by atoms with Crippen LogP contribution < -0.4 is 0 Å². The number of alkyl halides is 3. The number of H-pyrrole nitrogens is 1. The Morgan fingerprint density at radius 2 is 1.15 bits per heavy atom. The molecule has 0 radical (unpaired) electrons. The average molecular weight is 1670 g/mol. The van der Waals surface area contributed by atoms with Gasteiger partial charge in [-0.25, -0.2) is 19.7 Å². The van der Waals surface area contributed by atoms with Crippen molar-refractivity contribution in [3.8, 4) is 0 Å². The lowest BCUT2D eigenvalue weighted by molar-refractivity contribution is -0.147. The van der Waals surface area contributed by atoms with Crippen molar-refractivity contribution >= 4 is 74.8 Å². The Hall–Kier alpha value is -10.6. The third-order valence-corrected chi connectivity index (χ3v) is 21.7. The maximum Gasteiger partial charge on any atom is 0.522 e. The Kier molecular flexibility index (Phi) is 44.9. The molecule has 3 heterocycles. The van der Waals surface area contributed by atoms with E-state index in [4.69, 9.17) is 57.9 Å². The van der Waals surface area contributed by atoms with Gasteiger partial charge in [0.25, 0.3) is 6.47 Å². The second-order valence-electron chi connectivity index (χ2n) is 29.0. The summed E-state index contributed by atoms with van der Waals surface area (Å²) in [6.07, 6.45) is 22.1. The SMILES string of the molecule is CO.C[Si](C)(C)CCOCn1ccnc1.Cc1cccc2c1CCC2(O)c1nccn1COCC[Si](C)(C)C.Cc1cccc2c1CCC2=O.Cc1cccc2c1CCC2c1ncc[nH]1.Cc1ccccc1/C=C/C(=O)O.Cc1ccccc1C=O.Cc1ccccc1CCC(=O)O.O=C(O)CC(=O)O.O=CO.O=S(=O)(O)C(F)(F)F. The van der Waals surface area contributed by atoms with Gasteiger partial charge in [0.2, 0.25) is 0 Å². The Labute approximate surface area is 678 Å². The number of nitrogens with zero attached hydrogens (tertiary/aromatic N) is 5. The molecule has 0 bridgehead atoms. The highest BCUT2D eigenvalue weighted by molar-refractivity contribution is 7.86. The summed E-state index contributed by atoms with van der Waals surface area (Å²) < 4.78 is 72.8. The van der Waals surface area contributed by atoms with Crippen LogP contribution in [-0.2, 0) is 88.3 Å². The number of aldehydes is 1. The number of carbonyl (C=O) groups excluding carboxylic acids is 2. The van der Waals surface area contributed by atoms with Crippen LogP contribution in [0, 0.1) is 41.5 Å². The minimum atomic E-state index is -5.84. The number of aromatic amines is 1. The first-order chi connectivity index (χ1) is 54.6. The van der Waals surface area contributed by atoms with Crippen molar-refractivity contribution < 1.29 is 105 Å². The minimum absolute atomic E-state index is 0.213. The maximum atomic E-state index is 11.4. The lowest BCUT2D eigenvalue weighted by Gasteiger charge is -2.25. The number of fused-ring (bicyclic) bond motifs is 3. The third kappa shape index (κ3) is 37.8. The molecule has 0 aliphatic heterocycles. The van der Waals surface area contributed by atoms with Crippen LogP contribution in [0.2, 0.25) is 51.4 Å². The highest BCUT2D eigenvalue weighted by Crippen LogP contribution is 2.43. The van der Waals surface area contributed by atoms with Crippen molar-refractivity contribution in [2.45, 2.75) is 181 Å². The van der Waals surface area contributed by atoms with Gasteiger partial charge in [0.1, 0.15) is 43.4 Å². The zero-order chi connectivity index (χ0) is 87.4. The fourth-order valence-corrected chi connectivity index (χ4v) is 13.0. The second kappa shape index (κ2) is 51.3. The molecule has 3 aromatic heterocycles. The van der Waals surface area contributed by atoms with E-state index in [1.54, 1.807) is 24.8 Å². The maximum absolute atomic E-state index is 11.4. The van der Waals surface area contributed by atoms with Crippen LogP contribution in [0.25, 0.3) is 6.08 Å². The first-order valence-electron chi connectivity index (χ1n) is 36.9. The van der Waals surface area contributed by atoms with Gasteiger partial charge < -0.3 is 59.3 Å². The van der Waals surface area contributed by atoms with Gasteiger partial charge >= 0.3 is 39.5 Å². The Balaban J connectivity index is 0.000000450. The largest absolute Gasteiger partial charge is 0.522 e. The van der Waals surface area contributed by atoms with Gasteiger partial charge in [-0.3, -0.25) is 33.3 Å². The van der Waals surface area contributed by atoms with E-state index in [2.05, 4.69) is 110 Å². The van der Waals surface area contributed by atoms with Crippen molar-refractivity contribution in [3.05, 3.63) is 272 Å². The number of imidazole rings is 3. The molecule has 31 heteroatoms. The van der Waals surface area contributed by atoms with Gasteiger partial charge in [-0.15, -0.1) is 0 Å². The summed E-state index contributed by atoms with van der Waals surface area (Å²) in [4.78, 5) is 85.2. The molecule has 116 heavy (non-hydrogen) atoms. The number of carboxylic acids is 4. The predicted molar refractivity (Wildman–Crippen MR) is 445 cm³/mol. The van der Waals surface area contributed by atoms with E-state index >= 15 is 0 Å². The number of carboxylic acid groups (broad SMARTS) is 5. The number of nitrogens with one attached hydrogen (secondary N) is 1. The summed E-state index contributed by atoms with van der Waals surface area (Å²) in [5.74, 6) is -1.69. The van der Waals surface area contributed by atoms with Crippen LogP contribution in [0.3, 0.4) is 0 Å². The first-order valence-corrected chi connectivity index (χ1v) is 45.8. The quantitative estimate of drug-likeness (QED) is 0.00651.